The summed E-state index contributed by atoms with van der Waals surface area (Å²) < 4.78 is 15.2. The number of barbiturate groups is 1. The van der Waals surface area contributed by atoms with Gasteiger partial charge in [0.1, 0.15) is 5.57 Å². The van der Waals surface area contributed by atoms with Crippen molar-refractivity contribution in [1.82, 2.24) is 5.32 Å². The fourth-order valence-electron chi connectivity index (χ4n) is 3.08. The van der Waals surface area contributed by atoms with Crippen LogP contribution in [-0.2, 0) is 19.1 Å². The van der Waals surface area contributed by atoms with E-state index in [2.05, 4.69) is 10.1 Å². The molecule has 172 valence electrons. The molecule has 0 saturated carbocycles. The lowest BCUT2D eigenvalue weighted by Gasteiger charge is -2.27. The highest BCUT2D eigenvalue weighted by molar-refractivity contribution is 6.39. The van der Waals surface area contributed by atoms with E-state index >= 15 is 0 Å². The van der Waals surface area contributed by atoms with Crippen molar-refractivity contribution in [1.29, 1.82) is 0 Å². The Hall–Kier alpha value is -3.85. The quantitative estimate of drug-likeness (QED) is 0.390. The minimum atomic E-state index is -0.841. The number of methoxy groups -OCH3 is 2. The average Bonchev–Trinajstić information content (AvgIpc) is 2.77. The third-order valence-corrected chi connectivity index (χ3v) is 5.26. The smallest absolute Gasteiger partial charge is 0.343 e. The van der Waals surface area contributed by atoms with Crippen LogP contribution in [0.2, 0.25) is 5.02 Å². The Balaban J connectivity index is 1.98. The lowest BCUT2D eigenvalue weighted by molar-refractivity contribution is -0.143. The number of aryl methyl sites for hydroxylation is 2. The summed E-state index contributed by atoms with van der Waals surface area (Å²) in [5, 5.41) is 2.25. The molecule has 1 aliphatic rings. The first-order valence-electron chi connectivity index (χ1n) is 9.72. The van der Waals surface area contributed by atoms with Crippen LogP contribution in [0.1, 0.15) is 16.7 Å². The predicted octanol–water partition coefficient (Wildman–Crippen LogP) is 3.18. The number of hydrogen-bond donors (Lipinski definition) is 1. The van der Waals surface area contributed by atoms with Crippen molar-refractivity contribution < 1.29 is 33.4 Å². The number of carbonyl (C=O) groups excluding carboxylic acids is 4. The molecule has 0 spiro atoms. The van der Waals surface area contributed by atoms with Crippen molar-refractivity contribution >= 4 is 47.2 Å². The fourth-order valence-corrected chi connectivity index (χ4v) is 3.35. The van der Waals surface area contributed by atoms with Gasteiger partial charge in [0.25, 0.3) is 11.8 Å². The van der Waals surface area contributed by atoms with E-state index in [-0.39, 0.29) is 28.7 Å². The van der Waals surface area contributed by atoms with Crippen LogP contribution in [0.4, 0.5) is 10.5 Å². The van der Waals surface area contributed by atoms with E-state index in [4.69, 9.17) is 21.1 Å². The Morgan fingerprint density at radius 2 is 1.82 bits per heavy atom. The Morgan fingerprint density at radius 3 is 2.45 bits per heavy atom. The third kappa shape index (κ3) is 4.98. The van der Waals surface area contributed by atoms with Gasteiger partial charge in [0, 0.05) is 0 Å². The van der Waals surface area contributed by atoms with Crippen molar-refractivity contribution in [3.8, 4) is 11.5 Å². The molecule has 1 N–H and O–H groups in total. The van der Waals surface area contributed by atoms with Gasteiger partial charge in [0.2, 0.25) is 0 Å². The van der Waals surface area contributed by atoms with Crippen LogP contribution < -0.4 is 19.7 Å². The zero-order valence-corrected chi connectivity index (χ0v) is 19.1. The lowest BCUT2D eigenvalue weighted by atomic mass is 10.0. The van der Waals surface area contributed by atoms with E-state index in [9.17, 15) is 19.2 Å². The Kier molecular flexibility index (Phi) is 7.03. The Morgan fingerprint density at radius 1 is 1.09 bits per heavy atom. The van der Waals surface area contributed by atoms with Gasteiger partial charge in [-0.3, -0.25) is 14.9 Å². The Bertz CT molecular complexity index is 1190. The number of urea groups is 1. The zero-order valence-electron chi connectivity index (χ0n) is 18.4. The van der Waals surface area contributed by atoms with Gasteiger partial charge < -0.3 is 14.2 Å². The number of imide groups is 2. The highest BCUT2D eigenvalue weighted by atomic mass is 35.5. The maximum atomic E-state index is 13.1. The van der Waals surface area contributed by atoms with Crippen LogP contribution >= 0.6 is 11.6 Å². The van der Waals surface area contributed by atoms with Crippen molar-refractivity contribution in [2.45, 2.75) is 13.8 Å². The normalized spacial score (nSPS) is 14.9. The van der Waals surface area contributed by atoms with Gasteiger partial charge in [-0.1, -0.05) is 17.7 Å². The van der Waals surface area contributed by atoms with Crippen LogP contribution in [0.15, 0.2) is 35.9 Å². The maximum absolute atomic E-state index is 13.1. The van der Waals surface area contributed by atoms with Crippen LogP contribution in [0.5, 0.6) is 11.5 Å². The number of carbonyl (C=O) groups is 4. The molecule has 1 aliphatic heterocycles. The number of ether oxygens (including phenoxy) is 3. The molecule has 10 heteroatoms. The van der Waals surface area contributed by atoms with Gasteiger partial charge in [-0.2, -0.15) is 0 Å². The zero-order chi connectivity index (χ0) is 24.3. The van der Waals surface area contributed by atoms with Gasteiger partial charge >= 0.3 is 12.0 Å². The summed E-state index contributed by atoms with van der Waals surface area (Å²) in [5.74, 6) is -1.97. The van der Waals surface area contributed by atoms with Crippen molar-refractivity contribution in [3.05, 3.63) is 57.6 Å². The topological polar surface area (TPSA) is 111 Å². The summed E-state index contributed by atoms with van der Waals surface area (Å²) in [6, 6.07) is 7.16. The molecule has 0 bridgehead atoms. The van der Waals surface area contributed by atoms with Crippen LogP contribution in [0, 0.1) is 13.8 Å². The van der Waals surface area contributed by atoms with E-state index in [1.165, 1.54) is 32.4 Å². The fraction of sp³-hybridized carbons (Fsp3) is 0.217. The molecule has 2 aromatic rings. The first-order chi connectivity index (χ1) is 15.7. The minimum Gasteiger partial charge on any atom is -0.493 e. The summed E-state index contributed by atoms with van der Waals surface area (Å²) in [6.45, 7) is 3.37. The van der Waals surface area contributed by atoms with Crippen LogP contribution in [0.3, 0.4) is 0 Å². The molecule has 1 saturated heterocycles. The molecule has 3 rings (SSSR count). The van der Waals surface area contributed by atoms with Crippen molar-refractivity contribution in [2.75, 3.05) is 25.7 Å². The molecule has 4 amide bonds. The number of benzene rings is 2. The number of anilines is 1. The molecule has 33 heavy (non-hydrogen) atoms. The summed E-state index contributed by atoms with van der Waals surface area (Å²) in [4.78, 5) is 50.2. The number of amides is 4. The van der Waals surface area contributed by atoms with Crippen molar-refractivity contribution in [2.24, 2.45) is 0 Å². The van der Waals surface area contributed by atoms with Crippen molar-refractivity contribution in [3.63, 3.8) is 0 Å². The van der Waals surface area contributed by atoms with E-state index in [0.717, 1.165) is 16.0 Å². The van der Waals surface area contributed by atoms with E-state index in [0.29, 0.717) is 11.3 Å². The largest absolute Gasteiger partial charge is 0.493 e. The highest BCUT2D eigenvalue weighted by Gasteiger charge is 2.37. The molecule has 1 heterocycles. The SMILES string of the molecule is COC(=O)COc1c(Cl)cc(/C=C2\C(=O)NC(=O)N(c3ccc(C)c(C)c3)C2=O)cc1OC. The number of esters is 1. The first kappa shape index (κ1) is 23.8. The molecule has 2 aromatic carbocycles. The standard InChI is InChI=1S/C23H21ClN2O7/c1-12-5-6-15(7-13(12)2)26-22(29)16(21(28)25-23(26)30)8-14-9-17(24)20(18(10-14)31-3)33-11-19(27)32-4/h5-10H,11H2,1-4H3,(H,25,28,30)/b16-8+. The molecule has 0 aromatic heterocycles. The highest BCUT2D eigenvalue weighted by Crippen LogP contribution is 2.37. The summed E-state index contributed by atoms with van der Waals surface area (Å²) in [7, 11) is 2.59. The monoisotopic (exact) mass is 472 g/mol. The number of nitrogens with one attached hydrogen (secondary N) is 1. The molecule has 0 atom stereocenters. The number of rotatable bonds is 6. The molecule has 9 nitrogen and oxygen atoms in total. The third-order valence-electron chi connectivity index (χ3n) is 4.98. The number of hydrogen-bond acceptors (Lipinski definition) is 7. The van der Waals surface area contributed by atoms with E-state index < -0.39 is 23.8 Å². The van der Waals surface area contributed by atoms with Crippen LogP contribution in [-0.4, -0.2) is 44.6 Å². The van der Waals surface area contributed by atoms with Gasteiger partial charge in [0.15, 0.2) is 18.1 Å². The molecular formula is C23H21ClN2O7. The summed E-state index contributed by atoms with van der Waals surface area (Å²) in [6.07, 6.45) is 1.29. The Labute approximate surface area is 194 Å². The van der Waals surface area contributed by atoms with E-state index in [1.54, 1.807) is 18.2 Å². The van der Waals surface area contributed by atoms with E-state index in [1.807, 2.05) is 13.8 Å². The van der Waals surface area contributed by atoms with Gasteiger partial charge in [-0.25, -0.2) is 14.5 Å². The maximum Gasteiger partial charge on any atom is 0.343 e. The van der Waals surface area contributed by atoms with Gasteiger partial charge in [-0.05, 0) is 60.9 Å². The molecule has 0 aliphatic carbocycles. The molecular weight excluding hydrogens is 452 g/mol. The molecule has 1 fully saturated rings. The van der Waals surface area contributed by atoms with Gasteiger partial charge in [-0.15, -0.1) is 0 Å². The minimum absolute atomic E-state index is 0.0795. The number of nitrogens with zero attached hydrogens (tertiary/aromatic N) is 1. The van der Waals surface area contributed by atoms with Crippen LogP contribution in [0.25, 0.3) is 6.08 Å². The second-order valence-corrected chi connectivity index (χ2v) is 7.53. The molecule has 0 unspecified atom stereocenters. The lowest BCUT2D eigenvalue weighted by Crippen LogP contribution is -2.54. The van der Waals surface area contributed by atoms with Gasteiger partial charge in [0.05, 0.1) is 24.9 Å². The summed E-state index contributed by atoms with van der Waals surface area (Å²) in [5.41, 5.74) is 2.28. The first-order valence-corrected chi connectivity index (χ1v) is 10.1. The average molecular weight is 473 g/mol. The summed E-state index contributed by atoms with van der Waals surface area (Å²) >= 11 is 6.27. The number of halogens is 1. The second kappa shape index (κ2) is 9.74. The predicted molar refractivity (Wildman–Crippen MR) is 120 cm³/mol. The molecule has 0 radical (unpaired) electrons. The second-order valence-electron chi connectivity index (χ2n) is 7.13.